The van der Waals surface area contributed by atoms with E-state index in [0.717, 1.165) is 11.1 Å². The van der Waals surface area contributed by atoms with Crippen LogP contribution >= 0.6 is 23.2 Å². The molecule has 0 spiro atoms. The fraction of sp³-hybridized carbons (Fsp3) is 0.125. The number of halogens is 2. The first-order chi connectivity index (χ1) is 5.54. The first kappa shape index (κ1) is 9.36. The third kappa shape index (κ3) is 1.54. The number of anilines is 1. The molecule has 1 heterocycles. The smallest absolute Gasteiger partial charge is 0.149 e. The third-order valence-corrected chi connectivity index (χ3v) is 2.24. The number of hydrogen-bond acceptors (Lipinski definition) is 2. The van der Waals surface area contributed by atoms with Crippen molar-refractivity contribution in [2.75, 3.05) is 5.73 Å². The van der Waals surface area contributed by atoms with Gasteiger partial charge in [-0.2, -0.15) is 0 Å². The van der Waals surface area contributed by atoms with Gasteiger partial charge in [0.25, 0.3) is 0 Å². The molecule has 2 N–H and O–H groups in total. The van der Waals surface area contributed by atoms with Gasteiger partial charge in [0.05, 0.1) is 5.69 Å². The van der Waals surface area contributed by atoms with E-state index >= 15 is 0 Å². The number of nitrogens with two attached hydrogens (primary N) is 1. The standard InChI is InChI=1S/C8H8Cl2N2/c1-4(2)5-3-12-8(10)6(9)7(5)11/h3H,1H2,2H3,(H2,11,12). The van der Waals surface area contributed by atoms with Gasteiger partial charge in [-0.1, -0.05) is 29.8 Å². The van der Waals surface area contributed by atoms with E-state index in [9.17, 15) is 0 Å². The van der Waals surface area contributed by atoms with Crippen LogP contribution in [0.5, 0.6) is 0 Å². The normalized spacial score (nSPS) is 9.92. The molecule has 0 aliphatic carbocycles. The van der Waals surface area contributed by atoms with Crippen LogP contribution in [0.1, 0.15) is 12.5 Å². The Kier molecular flexibility index (Phi) is 2.60. The summed E-state index contributed by atoms with van der Waals surface area (Å²) in [7, 11) is 0. The van der Waals surface area contributed by atoms with E-state index in [0.29, 0.717) is 5.69 Å². The minimum absolute atomic E-state index is 0.221. The molecular weight excluding hydrogens is 195 g/mol. The molecule has 1 aromatic heterocycles. The Bertz CT molecular complexity index is 334. The zero-order valence-electron chi connectivity index (χ0n) is 6.56. The predicted octanol–water partition coefficient (Wildman–Crippen LogP) is 3.00. The van der Waals surface area contributed by atoms with Crippen molar-refractivity contribution in [3.05, 3.63) is 28.5 Å². The second-order valence-corrected chi connectivity index (χ2v) is 3.21. The van der Waals surface area contributed by atoms with Gasteiger partial charge in [0, 0.05) is 11.8 Å². The highest BCUT2D eigenvalue weighted by Crippen LogP contribution is 2.31. The van der Waals surface area contributed by atoms with Crippen LogP contribution < -0.4 is 5.73 Å². The molecule has 0 aliphatic rings. The molecule has 4 heteroatoms. The molecule has 0 saturated heterocycles. The van der Waals surface area contributed by atoms with Gasteiger partial charge in [0.1, 0.15) is 10.2 Å². The Hall–Kier alpha value is -0.730. The number of nitrogens with zero attached hydrogens (tertiary/aromatic N) is 1. The van der Waals surface area contributed by atoms with Crippen molar-refractivity contribution in [1.82, 2.24) is 4.98 Å². The number of pyridine rings is 1. The van der Waals surface area contributed by atoms with Gasteiger partial charge in [-0.25, -0.2) is 4.98 Å². The lowest BCUT2D eigenvalue weighted by molar-refractivity contribution is 1.31. The zero-order valence-corrected chi connectivity index (χ0v) is 8.08. The molecule has 0 fully saturated rings. The Labute approximate surface area is 81.0 Å². The molecule has 12 heavy (non-hydrogen) atoms. The van der Waals surface area contributed by atoms with E-state index in [1.165, 1.54) is 0 Å². The minimum Gasteiger partial charge on any atom is -0.397 e. The summed E-state index contributed by atoms with van der Waals surface area (Å²) in [5.74, 6) is 0. The van der Waals surface area contributed by atoms with E-state index in [2.05, 4.69) is 11.6 Å². The molecular formula is C8H8Cl2N2. The molecule has 0 amide bonds. The largest absolute Gasteiger partial charge is 0.397 e. The molecule has 1 aromatic rings. The Morgan fingerprint density at radius 1 is 1.58 bits per heavy atom. The van der Waals surface area contributed by atoms with Crippen molar-refractivity contribution >= 4 is 34.5 Å². The summed E-state index contributed by atoms with van der Waals surface area (Å²) in [6.07, 6.45) is 1.56. The molecule has 2 nitrogen and oxygen atoms in total. The van der Waals surface area contributed by atoms with Crippen molar-refractivity contribution in [2.24, 2.45) is 0 Å². The summed E-state index contributed by atoms with van der Waals surface area (Å²) in [5, 5.41) is 0.510. The highest BCUT2D eigenvalue weighted by Gasteiger charge is 2.08. The lowest BCUT2D eigenvalue weighted by atomic mass is 10.1. The van der Waals surface area contributed by atoms with E-state index in [4.69, 9.17) is 28.9 Å². The maximum absolute atomic E-state index is 5.77. The van der Waals surface area contributed by atoms with Crippen LogP contribution in [0, 0.1) is 0 Å². The van der Waals surface area contributed by atoms with Crippen LogP contribution in [0.2, 0.25) is 10.2 Å². The molecule has 0 radical (unpaired) electrons. The maximum atomic E-state index is 5.77. The number of nitrogen functional groups attached to an aromatic ring is 1. The second-order valence-electron chi connectivity index (χ2n) is 2.47. The zero-order chi connectivity index (χ0) is 9.30. The van der Waals surface area contributed by atoms with Gasteiger partial charge in [-0.15, -0.1) is 0 Å². The summed E-state index contributed by atoms with van der Waals surface area (Å²) < 4.78 is 0. The van der Waals surface area contributed by atoms with Crippen LogP contribution in [-0.4, -0.2) is 4.98 Å². The van der Waals surface area contributed by atoms with Gasteiger partial charge in [-0.3, -0.25) is 0 Å². The first-order valence-corrected chi connectivity index (χ1v) is 4.05. The fourth-order valence-electron chi connectivity index (χ4n) is 0.817. The maximum Gasteiger partial charge on any atom is 0.149 e. The Morgan fingerprint density at radius 3 is 2.67 bits per heavy atom. The monoisotopic (exact) mass is 202 g/mol. The quantitative estimate of drug-likeness (QED) is 0.712. The van der Waals surface area contributed by atoms with Crippen molar-refractivity contribution < 1.29 is 0 Å². The molecule has 0 saturated carbocycles. The van der Waals surface area contributed by atoms with Crippen LogP contribution in [0.15, 0.2) is 12.8 Å². The average molecular weight is 203 g/mol. The topological polar surface area (TPSA) is 38.9 Å². The van der Waals surface area contributed by atoms with Gasteiger partial charge in [-0.05, 0) is 12.5 Å². The number of rotatable bonds is 1. The summed E-state index contributed by atoms with van der Waals surface area (Å²) in [6, 6.07) is 0. The summed E-state index contributed by atoms with van der Waals surface area (Å²) >= 11 is 11.4. The van der Waals surface area contributed by atoms with Crippen molar-refractivity contribution in [1.29, 1.82) is 0 Å². The molecule has 1 rings (SSSR count). The number of aromatic nitrogens is 1. The molecule has 0 aromatic carbocycles. The van der Waals surface area contributed by atoms with Crippen molar-refractivity contribution in [2.45, 2.75) is 6.92 Å². The Morgan fingerprint density at radius 2 is 2.17 bits per heavy atom. The van der Waals surface area contributed by atoms with E-state index in [1.807, 2.05) is 6.92 Å². The highest BCUT2D eigenvalue weighted by molar-refractivity contribution is 6.43. The first-order valence-electron chi connectivity index (χ1n) is 3.29. The van der Waals surface area contributed by atoms with E-state index in [1.54, 1.807) is 6.20 Å². The molecule has 0 unspecified atom stereocenters. The summed E-state index contributed by atoms with van der Waals surface area (Å²) in [6.45, 7) is 5.57. The van der Waals surface area contributed by atoms with Gasteiger partial charge in [0.15, 0.2) is 0 Å². The average Bonchev–Trinajstić information content (AvgIpc) is 2.00. The molecule has 0 atom stereocenters. The van der Waals surface area contributed by atoms with Crippen LogP contribution in [-0.2, 0) is 0 Å². The van der Waals surface area contributed by atoms with E-state index in [-0.39, 0.29) is 10.2 Å². The summed E-state index contributed by atoms with van der Waals surface area (Å²) in [4.78, 5) is 3.85. The summed E-state index contributed by atoms with van der Waals surface area (Å²) in [5.41, 5.74) is 7.66. The Balaban J connectivity index is 3.36. The van der Waals surface area contributed by atoms with Gasteiger partial charge >= 0.3 is 0 Å². The van der Waals surface area contributed by atoms with Crippen LogP contribution in [0.4, 0.5) is 5.69 Å². The minimum atomic E-state index is 0.221. The number of hydrogen-bond donors (Lipinski definition) is 1. The lowest BCUT2D eigenvalue weighted by Gasteiger charge is -2.06. The molecule has 0 aliphatic heterocycles. The van der Waals surface area contributed by atoms with Gasteiger partial charge in [0.2, 0.25) is 0 Å². The predicted molar refractivity (Wildman–Crippen MR) is 53.4 cm³/mol. The van der Waals surface area contributed by atoms with Crippen LogP contribution in [0.3, 0.4) is 0 Å². The SMILES string of the molecule is C=C(C)c1cnc(Cl)c(Cl)c1N. The third-order valence-electron chi connectivity index (χ3n) is 1.47. The fourth-order valence-corrected chi connectivity index (χ4v) is 1.12. The van der Waals surface area contributed by atoms with E-state index < -0.39 is 0 Å². The second kappa shape index (κ2) is 3.33. The van der Waals surface area contributed by atoms with Crippen LogP contribution in [0.25, 0.3) is 5.57 Å². The van der Waals surface area contributed by atoms with Crippen molar-refractivity contribution in [3.63, 3.8) is 0 Å². The van der Waals surface area contributed by atoms with Crippen molar-refractivity contribution in [3.8, 4) is 0 Å². The lowest BCUT2D eigenvalue weighted by Crippen LogP contribution is -1.95. The number of allylic oxidation sites excluding steroid dienone is 1. The molecule has 64 valence electrons. The molecule has 0 bridgehead atoms. The van der Waals surface area contributed by atoms with Gasteiger partial charge < -0.3 is 5.73 Å². The highest BCUT2D eigenvalue weighted by atomic mass is 35.5.